The molecule has 34 heavy (non-hydrogen) atoms. The lowest BCUT2D eigenvalue weighted by Crippen LogP contribution is -2.29. The van der Waals surface area contributed by atoms with Crippen molar-refractivity contribution in [3.8, 4) is 0 Å². The highest BCUT2D eigenvalue weighted by Crippen LogP contribution is 2.32. The van der Waals surface area contributed by atoms with Crippen molar-refractivity contribution in [2.24, 2.45) is 4.99 Å². The molecule has 4 aromatic rings. The van der Waals surface area contributed by atoms with Gasteiger partial charge in [0.1, 0.15) is 0 Å². The summed E-state index contributed by atoms with van der Waals surface area (Å²) in [5.41, 5.74) is 4.45. The molecule has 0 unspecified atom stereocenters. The highest BCUT2D eigenvalue weighted by Gasteiger charge is 2.30. The van der Waals surface area contributed by atoms with E-state index >= 15 is 0 Å². The Labute approximate surface area is 202 Å². The number of sulfonamides is 1. The van der Waals surface area contributed by atoms with E-state index in [0.717, 1.165) is 27.9 Å². The zero-order chi connectivity index (χ0) is 23.9. The van der Waals surface area contributed by atoms with Gasteiger partial charge in [-0.2, -0.15) is 4.99 Å². The third kappa shape index (κ3) is 3.76. The molecule has 1 aliphatic rings. The smallest absolute Gasteiger partial charge is 0.279 e. The molecule has 0 radical (unpaired) electrons. The molecule has 6 nitrogen and oxygen atoms in total. The van der Waals surface area contributed by atoms with Gasteiger partial charge in [-0.05, 0) is 67.3 Å². The van der Waals surface area contributed by atoms with Gasteiger partial charge in [0.15, 0.2) is 4.80 Å². The Bertz CT molecular complexity index is 1570. The predicted octanol–water partition coefficient (Wildman–Crippen LogP) is 4.78. The second kappa shape index (κ2) is 8.85. The number of thiazole rings is 1. The Morgan fingerprint density at radius 1 is 1.00 bits per heavy atom. The van der Waals surface area contributed by atoms with Crippen LogP contribution in [0.4, 0.5) is 5.69 Å². The maximum atomic E-state index is 13.2. The first-order chi connectivity index (χ1) is 16.4. The number of aryl methyl sites for hydroxylation is 2. The van der Waals surface area contributed by atoms with Crippen molar-refractivity contribution in [1.82, 2.24) is 4.57 Å². The van der Waals surface area contributed by atoms with Gasteiger partial charge in [-0.25, -0.2) is 8.42 Å². The molecule has 2 heterocycles. The van der Waals surface area contributed by atoms with Gasteiger partial charge in [0, 0.05) is 18.7 Å². The minimum Gasteiger partial charge on any atom is -0.316 e. The lowest BCUT2D eigenvalue weighted by molar-refractivity contribution is 0.0997. The number of rotatable bonds is 5. The van der Waals surface area contributed by atoms with Crippen LogP contribution in [0.1, 0.15) is 35.3 Å². The maximum Gasteiger partial charge on any atom is 0.279 e. The zero-order valence-corrected chi connectivity index (χ0v) is 20.7. The topological polar surface area (TPSA) is 71.7 Å². The number of hydrogen-bond acceptors (Lipinski definition) is 4. The number of aromatic nitrogens is 1. The molecular formula is C26H25N3O3S2. The monoisotopic (exact) mass is 491 g/mol. The summed E-state index contributed by atoms with van der Waals surface area (Å²) in [5.74, 6) is -0.387. The average Bonchev–Trinajstić information content (AvgIpc) is 3.45. The molecule has 0 N–H and O–H groups in total. The third-order valence-electron chi connectivity index (χ3n) is 6.21. The van der Waals surface area contributed by atoms with Crippen molar-refractivity contribution in [2.45, 2.75) is 38.1 Å². The van der Waals surface area contributed by atoms with E-state index in [9.17, 15) is 13.2 Å². The third-order valence-corrected chi connectivity index (χ3v) is 9.08. The standard InChI is InChI=1S/C26H25N3O3S2/c1-3-18-9-7-11-23-24(18)28(4-2)26(33-23)27-25(30)20-12-14-21(15-13-20)34(31,32)29-17-16-19-8-5-6-10-22(19)29/h5-15H,3-4,16-17H2,1-2H3. The Balaban J connectivity index is 1.47. The molecule has 1 amide bonds. The van der Waals surface area contributed by atoms with Crippen molar-refractivity contribution < 1.29 is 13.2 Å². The van der Waals surface area contributed by atoms with Crippen molar-refractivity contribution in [1.29, 1.82) is 0 Å². The first-order valence-electron chi connectivity index (χ1n) is 11.3. The molecule has 8 heteroatoms. The molecule has 0 atom stereocenters. The van der Waals surface area contributed by atoms with Gasteiger partial charge < -0.3 is 4.57 Å². The Morgan fingerprint density at radius 3 is 2.50 bits per heavy atom. The van der Waals surface area contributed by atoms with E-state index in [1.807, 2.05) is 43.3 Å². The number of benzene rings is 3. The molecule has 0 saturated carbocycles. The second-order valence-corrected chi connectivity index (χ2v) is 11.0. The number of fused-ring (bicyclic) bond motifs is 2. The van der Waals surface area contributed by atoms with Crippen LogP contribution >= 0.6 is 11.3 Å². The normalized spacial score (nSPS) is 14.1. The summed E-state index contributed by atoms with van der Waals surface area (Å²) in [5, 5.41) is 0. The van der Waals surface area contributed by atoms with Gasteiger partial charge in [0.2, 0.25) is 0 Å². The summed E-state index contributed by atoms with van der Waals surface area (Å²) in [7, 11) is -3.70. The molecule has 1 aromatic heterocycles. The summed E-state index contributed by atoms with van der Waals surface area (Å²) in [6, 6.07) is 19.8. The molecule has 5 rings (SSSR count). The van der Waals surface area contributed by atoms with Gasteiger partial charge in [-0.15, -0.1) is 0 Å². The van der Waals surface area contributed by atoms with Crippen LogP contribution in [-0.4, -0.2) is 25.4 Å². The van der Waals surface area contributed by atoms with Crippen molar-refractivity contribution in [3.63, 3.8) is 0 Å². The first-order valence-corrected chi connectivity index (χ1v) is 13.6. The summed E-state index contributed by atoms with van der Waals surface area (Å²) in [6.07, 6.45) is 1.59. The van der Waals surface area contributed by atoms with E-state index in [1.165, 1.54) is 33.3 Å². The molecule has 0 bridgehead atoms. The number of nitrogens with zero attached hydrogens (tertiary/aromatic N) is 3. The van der Waals surface area contributed by atoms with E-state index in [1.54, 1.807) is 12.1 Å². The quantitative estimate of drug-likeness (QED) is 0.403. The van der Waals surface area contributed by atoms with Crippen molar-refractivity contribution in [2.75, 3.05) is 10.8 Å². The van der Waals surface area contributed by atoms with Crippen LogP contribution in [0.15, 0.2) is 76.6 Å². The molecular weight excluding hydrogens is 466 g/mol. The number of anilines is 1. The van der Waals surface area contributed by atoms with Crippen LogP contribution in [0.3, 0.4) is 0 Å². The Morgan fingerprint density at radius 2 is 1.76 bits per heavy atom. The minimum absolute atomic E-state index is 0.166. The maximum absolute atomic E-state index is 13.2. The summed E-state index contributed by atoms with van der Waals surface area (Å²) >= 11 is 1.49. The summed E-state index contributed by atoms with van der Waals surface area (Å²) < 4.78 is 31.1. The summed E-state index contributed by atoms with van der Waals surface area (Å²) in [4.78, 5) is 18.2. The van der Waals surface area contributed by atoms with E-state index in [4.69, 9.17) is 0 Å². The lowest BCUT2D eigenvalue weighted by atomic mass is 10.1. The highest BCUT2D eigenvalue weighted by molar-refractivity contribution is 7.92. The minimum atomic E-state index is -3.70. The van der Waals surface area contributed by atoms with E-state index in [-0.39, 0.29) is 10.8 Å². The van der Waals surface area contributed by atoms with E-state index in [2.05, 4.69) is 22.5 Å². The van der Waals surface area contributed by atoms with Crippen LogP contribution in [-0.2, 0) is 29.4 Å². The molecule has 0 saturated heterocycles. The van der Waals surface area contributed by atoms with Gasteiger partial charge in [-0.3, -0.25) is 9.10 Å². The molecule has 0 fully saturated rings. The van der Waals surface area contributed by atoms with E-state index < -0.39 is 10.0 Å². The Hall–Kier alpha value is -3.23. The Kier molecular flexibility index (Phi) is 5.87. The number of hydrogen-bond donors (Lipinski definition) is 0. The highest BCUT2D eigenvalue weighted by atomic mass is 32.2. The molecule has 1 aliphatic heterocycles. The lowest BCUT2D eigenvalue weighted by Gasteiger charge is -2.19. The number of carbonyl (C=O) groups excluding carboxylic acids is 1. The first kappa shape index (κ1) is 22.6. The SMILES string of the molecule is CCc1cccc2sc(=NC(=O)c3ccc(S(=O)(=O)N4CCc5ccccc54)cc3)n(CC)c12. The molecule has 174 valence electrons. The van der Waals surface area contributed by atoms with Gasteiger partial charge in [0.25, 0.3) is 15.9 Å². The fourth-order valence-electron chi connectivity index (χ4n) is 4.47. The van der Waals surface area contributed by atoms with Crippen LogP contribution in [0.25, 0.3) is 10.2 Å². The van der Waals surface area contributed by atoms with Crippen LogP contribution in [0.2, 0.25) is 0 Å². The summed E-state index contributed by atoms with van der Waals surface area (Å²) in [6.45, 7) is 5.28. The van der Waals surface area contributed by atoms with Crippen LogP contribution in [0.5, 0.6) is 0 Å². The van der Waals surface area contributed by atoms with Gasteiger partial charge >= 0.3 is 0 Å². The average molecular weight is 492 g/mol. The van der Waals surface area contributed by atoms with Gasteiger partial charge in [-0.1, -0.05) is 48.6 Å². The van der Waals surface area contributed by atoms with Crippen molar-refractivity contribution in [3.05, 3.63) is 88.2 Å². The number of carbonyl (C=O) groups is 1. The predicted molar refractivity (Wildman–Crippen MR) is 136 cm³/mol. The number of amides is 1. The molecule has 3 aromatic carbocycles. The fourth-order valence-corrected chi connectivity index (χ4v) is 7.12. The van der Waals surface area contributed by atoms with Crippen LogP contribution in [0, 0.1) is 0 Å². The van der Waals surface area contributed by atoms with Gasteiger partial charge in [0.05, 0.1) is 20.8 Å². The van der Waals surface area contributed by atoms with Crippen LogP contribution < -0.4 is 9.11 Å². The largest absolute Gasteiger partial charge is 0.316 e. The number of para-hydroxylation sites is 2. The zero-order valence-electron chi connectivity index (χ0n) is 19.1. The van der Waals surface area contributed by atoms with Crippen molar-refractivity contribution >= 4 is 43.2 Å². The second-order valence-electron chi connectivity index (χ2n) is 8.14. The van der Waals surface area contributed by atoms with E-state index in [0.29, 0.717) is 29.9 Å². The molecule has 0 spiro atoms. The molecule has 0 aliphatic carbocycles. The fraction of sp³-hybridized carbons (Fsp3) is 0.231.